The lowest BCUT2D eigenvalue weighted by Gasteiger charge is -2.28. The molecule has 0 saturated carbocycles. The molecule has 2 atom stereocenters. The highest BCUT2D eigenvalue weighted by Crippen LogP contribution is 2.44. The standard InChI is InChI=1S/C34H30FN5O2S/c1-22-20-27(23(2)39(22)30-14-7-6-12-28(30)35)33-32(29-13-8-9-19-36-29)38-34(43)40(33)25-17-15-24(16-18-25)37-31(41)21-42-26-10-4-3-5-11-26/h3-20,32-33H,21H2,1-2H3,(H,37,41)(H,38,43)/t32-,33+/m0/s1. The molecule has 1 saturated heterocycles. The number of nitrogens with one attached hydrogen (secondary N) is 2. The van der Waals surface area contributed by atoms with Crippen LogP contribution in [0.25, 0.3) is 5.69 Å². The minimum atomic E-state index is -0.291. The van der Waals surface area contributed by atoms with E-state index >= 15 is 0 Å². The van der Waals surface area contributed by atoms with Crippen LogP contribution in [0.15, 0.2) is 109 Å². The summed E-state index contributed by atoms with van der Waals surface area (Å²) in [7, 11) is 0. The zero-order valence-corrected chi connectivity index (χ0v) is 24.5. The van der Waals surface area contributed by atoms with Crippen LogP contribution in [-0.4, -0.2) is 27.2 Å². The Morgan fingerprint density at radius 1 is 0.977 bits per heavy atom. The van der Waals surface area contributed by atoms with E-state index in [-0.39, 0.29) is 30.4 Å². The Balaban J connectivity index is 1.31. The number of para-hydroxylation sites is 2. The maximum atomic E-state index is 14.9. The highest BCUT2D eigenvalue weighted by atomic mass is 32.1. The molecular formula is C34H30FN5O2S. The van der Waals surface area contributed by atoms with E-state index in [0.29, 0.717) is 22.2 Å². The fraction of sp³-hybridized carbons (Fsp3) is 0.147. The third-order valence-corrected chi connectivity index (χ3v) is 7.84. The van der Waals surface area contributed by atoms with Gasteiger partial charge in [-0.25, -0.2) is 4.39 Å². The van der Waals surface area contributed by atoms with Crippen molar-refractivity contribution in [2.24, 2.45) is 0 Å². The van der Waals surface area contributed by atoms with E-state index in [2.05, 4.69) is 26.6 Å². The van der Waals surface area contributed by atoms with Gasteiger partial charge >= 0.3 is 0 Å². The molecule has 0 spiro atoms. The third-order valence-electron chi connectivity index (χ3n) is 7.52. The molecule has 216 valence electrons. The summed E-state index contributed by atoms with van der Waals surface area (Å²) in [5.41, 5.74) is 5.64. The number of halogens is 1. The zero-order chi connectivity index (χ0) is 29.9. The Morgan fingerprint density at radius 2 is 1.70 bits per heavy atom. The first-order chi connectivity index (χ1) is 20.9. The normalized spacial score (nSPS) is 16.2. The van der Waals surface area contributed by atoms with Crippen LogP contribution in [0.3, 0.4) is 0 Å². The van der Waals surface area contributed by atoms with Crippen LogP contribution >= 0.6 is 12.2 Å². The molecule has 43 heavy (non-hydrogen) atoms. The van der Waals surface area contributed by atoms with Crippen LogP contribution < -0.4 is 20.3 Å². The number of rotatable bonds is 8. The molecule has 7 nitrogen and oxygen atoms in total. The van der Waals surface area contributed by atoms with E-state index in [9.17, 15) is 9.18 Å². The molecule has 9 heteroatoms. The van der Waals surface area contributed by atoms with Crippen molar-refractivity contribution in [2.75, 3.05) is 16.8 Å². The topological polar surface area (TPSA) is 71.4 Å². The molecule has 5 aromatic rings. The molecule has 1 fully saturated rings. The van der Waals surface area contributed by atoms with Crippen LogP contribution in [0.1, 0.15) is 34.7 Å². The second-order valence-corrected chi connectivity index (χ2v) is 10.7. The van der Waals surface area contributed by atoms with Gasteiger partial charge in [0, 0.05) is 29.0 Å². The van der Waals surface area contributed by atoms with Crippen LogP contribution in [0, 0.1) is 19.7 Å². The number of amides is 1. The van der Waals surface area contributed by atoms with E-state index in [1.807, 2.05) is 85.1 Å². The average Bonchev–Trinajstić information content (AvgIpc) is 3.52. The maximum absolute atomic E-state index is 14.9. The summed E-state index contributed by atoms with van der Waals surface area (Å²) in [6, 6.07) is 30.9. The van der Waals surface area contributed by atoms with Gasteiger partial charge in [-0.05, 0) is 98.4 Å². The molecule has 1 aliphatic heterocycles. The molecule has 0 unspecified atom stereocenters. The zero-order valence-electron chi connectivity index (χ0n) is 23.7. The van der Waals surface area contributed by atoms with Crippen LogP contribution in [-0.2, 0) is 4.79 Å². The number of anilines is 2. The minimum Gasteiger partial charge on any atom is -0.484 e. The summed E-state index contributed by atoms with van der Waals surface area (Å²) >= 11 is 5.89. The Morgan fingerprint density at radius 3 is 2.42 bits per heavy atom. The number of aryl methyl sites for hydroxylation is 1. The van der Waals surface area contributed by atoms with Crippen molar-refractivity contribution in [2.45, 2.75) is 25.9 Å². The number of carbonyl (C=O) groups is 1. The molecule has 2 aromatic heterocycles. The van der Waals surface area contributed by atoms with Gasteiger partial charge in [0.15, 0.2) is 11.7 Å². The maximum Gasteiger partial charge on any atom is 0.262 e. The van der Waals surface area contributed by atoms with Crippen LogP contribution in [0.5, 0.6) is 5.75 Å². The first-order valence-corrected chi connectivity index (χ1v) is 14.3. The third kappa shape index (κ3) is 5.72. The van der Waals surface area contributed by atoms with Gasteiger partial charge in [-0.3, -0.25) is 9.78 Å². The predicted molar refractivity (Wildman–Crippen MR) is 170 cm³/mol. The molecule has 0 bridgehead atoms. The summed E-state index contributed by atoms with van der Waals surface area (Å²) in [5.74, 6) is 0.0791. The van der Waals surface area contributed by atoms with Gasteiger partial charge in [-0.15, -0.1) is 0 Å². The Labute approximate surface area is 255 Å². The Kier molecular flexibility index (Phi) is 7.89. The molecule has 3 aromatic carbocycles. The molecular weight excluding hydrogens is 561 g/mol. The van der Waals surface area contributed by atoms with E-state index in [1.54, 1.807) is 30.5 Å². The van der Waals surface area contributed by atoms with Gasteiger partial charge in [-0.2, -0.15) is 0 Å². The summed E-state index contributed by atoms with van der Waals surface area (Å²) < 4.78 is 22.4. The smallest absolute Gasteiger partial charge is 0.262 e. The van der Waals surface area contributed by atoms with Gasteiger partial charge in [0.2, 0.25) is 0 Å². The Hall–Kier alpha value is -5.02. The van der Waals surface area contributed by atoms with E-state index in [1.165, 1.54) is 6.07 Å². The fourth-order valence-corrected chi connectivity index (χ4v) is 5.95. The monoisotopic (exact) mass is 591 g/mol. The number of nitrogens with zero attached hydrogens (tertiary/aromatic N) is 3. The number of aromatic nitrogens is 2. The van der Waals surface area contributed by atoms with Crippen molar-refractivity contribution in [3.63, 3.8) is 0 Å². The van der Waals surface area contributed by atoms with Crippen molar-refractivity contribution in [1.29, 1.82) is 0 Å². The number of pyridine rings is 1. The lowest BCUT2D eigenvalue weighted by molar-refractivity contribution is -0.118. The first kappa shape index (κ1) is 28.1. The van der Waals surface area contributed by atoms with Crippen molar-refractivity contribution in [3.05, 3.63) is 138 Å². The van der Waals surface area contributed by atoms with Crippen LogP contribution in [0.4, 0.5) is 15.8 Å². The highest BCUT2D eigenvalue weighted by molar-refractivity contribution is 7.80. The van der Waals surface area contributed by atoms with Crippen molar-refractivity contribution in [3.8, 4) is 11.4 Å². The molecule has 0 aliphatic carbocycles. The summed E-state index contributed by atoms with van der Waals surface area (Å²) in [6.07, 6.45) is 1.77. The van der Waals surface area contributed by atoms with Crippen molar-refractivity contribution in [1.82, 2.24) is 14.9 Å². The molecule has 6 rings (SSSR count). The fourth-order valence-electron chi connectivity index (χ4n) is 5.61. The minimum absolute atomic E-state index is 0.0998. The second-order valence-electron chi connectivity index (χ2n) is 10.3. The predicted octanol–water partition coefficient (Wildman–Crippen LogP) is 6.82. The van der Waals surface area contributed by atoms with Gasteiger partial charge < -0.3 is 24.8 Å². The number of ether oxygens (including phenoxy) is 1. The number of carbonyl (C=O) groups excluding carboxylic acids is 1. The SMILES string of the molecule is Cc1cc([C@@H]2[C@H](c3ccccn3)NC(=S)N2c2ccc(NC(=O)COc3ccccc3)cc2)c(C)n1-c1ccccc1F. The van der Waals surface area contributed by atoms with E-state index in [4.69, 9.17) is 17.0 Å². The molecule has 3 heterocycles. The highest BCUT2D eigenvalue weighted by Gasteiger charge is 2.42. The molecule has 1 aliphatic rings. The number of benzene rings is 3. The number of hydrogen-bond donors (Lipinski definition) is 2. The van der Waals surface area contributed by atoms with Gasteiger partial charge in [-0.1, -0.05) is 36.4 Å². The van der Waals surface area contributed by atoms with Crippen LogP contribution in [0.2, 0.25) is 0 Å². The van der Waals surface area contributed by atoms with Gasteiger partial charge in [0.05, 0.1) is 23.5 Å². The molecule has 1 amide bonds. The molecule has 0 radical (unpaired) electrons. The van der Waals surface area contributed by atoms with Gasteiger partial charge in [0.25, 0.3) is 5.91 Å². The van der Waals surface area contributed by atoms with Gasteiger partial charge in [0.1, 0.15) is 11.6 Å². The Bertz CT molecular complexity index is 1760. The summed E-state index contributed by atoms with van der Waals surface area (Å²) in [6.45, 7) is 3.88. The number of thiocarbonyl (C=S) groups is 1. The van der Waals surface area contributed by atoms with E-state index in [0.717, 1.165) is 28.3 Å². The van der Waals surface area contributed by atoms with E-state index < -0.39 is 0 Å². The lowest BCUT2D eigenvalue weighted by atomic mass is 9.96. The number of hydrogen-bond acceptors (Lipinski definition) is 4. The quantitative estimate of drug-likeness (QED) is 0.193. The lowest BCUT2D eigenvalue weighted by Crippen LogP contribution is -2.29. The average molecular weight is 592 g/mol. The molecule has 2 N–H and O–H groups in total. The largest absolute Gasteiger partial charge is 0.484 e. The van der Waals surface area contributed by atoms with Crippen molar-refractivity contribution >= 4 is 34.6 Å². The van der Waals surface area contributed by atoms with Crippen molar-refractivity contribution < 1.29 is 13.9 Å². The second kappa shape index (κ2) is 12.1. The summed E-state index contributed by atoms with van der Waals surface area (Å²) in [4.78, 5) is 19.2. The summed E-state index contributed by atoms with van der Waals surface area (Å²) in [5, 5.41) is 6.91. The first-order valence-electron chi connectivity index (χ1n) is 13.9.